The summed E-state index contributed by atoms with van der Waals surface area (Å²) < 4.78 is 0. The normalized spacial score (nSPS) is 19.5. The van der Waals surface area contributed by atoms with Crippen molar-refractivity contribution in [1.29, 1.82) is 0 Å². The summed E-state index contributed by atoms with van der Waals surface area (Å²) in [5.74, 6) is -1.08. The van der Waals surface area contributed by atoms with Crippen molar-refractivity contribution >= 4 is 46.3 Å². The van der Waals surface area contributed by atoms with Gasteiger partial charge < -0.3 is 10.0 Å². The van der Waals surface area contributed by atoms with Gasteiger partial charge in [-0.15, -0.1) is 0 Å². The lowest BCUT2D eigenvalue weighted by Gasteiger charge is -2.28. The predicted molar refractivity (Wildman–Crippen MR) is 126 cm³/mol. The van der Waals surface area contributed by atoms with Crippen LogP contribution in [0.1, 0.15) is 42.1 Å². The Bertz CT molecular complexity index is 1040. The molecule has 0 unspecified atom stereocenters. The van der Waals surface area contributed by atoms with Crippen molar-refractivity contribution in [3.05, 3.63) is 64.6 Å². The maximum Gasteiger partial charge on any atom is 0.335 e. The molecular weight excluding hydrogens is 410 g/mol. The van der Waals surface area contributed by atoms with Gasteiger partial charge in [-0.1, -0.05) is 18.2 Å². The van der Waals surface area contributed by atoms with Gasteiger partial charge in [0.15, 0.2) is 5.17 Å². The number of hydrogen-bond donors (Lipinski definition) is 1. The topological polar surface area (TPSA) is 73.2 Å². The van der Waals surface area contributed by atoms with Crippen molar-refractivity contribution in [2.24, 2.45) is 4.99 Å². The number of hydrogen-bond acceptors (Lipinski definition) is 5. The van der Waals surface area contributed by atoms with Gasteiger partial charge in [-0.2, -0.15) is 0 Å². The van der Waals surface area contributed by atoms with Crippen molar-refractivity contribution < 1.29 is 14.7 Å². The minimum atomic E-state index is -1.00. The van der Waals surface area contributed by atoms with Crippen LogP contribution in [-0.2, 0) is 4.79 Å². The second-order valence-electron chi connectivity index (χ2n) is 7.55. The third kappa shape index (κ3) is 4.82. The molecule has 0 aromatic heterocycles. The first-order valence-electron chi connectivity index (χ1n) is 10.5. The van der Waals surface area contributed by atoms with Crippen LogP contribution in [0.4, 0.5) is 11.4 Å². The fourth-order valence-corrected chi connectivity index (χ4v) is 4.84. The number of carbonyl (C=O) groups is 2. The highest BCUT2D eigenvalue weighted by Crippen LogP contribution is 2.34. The van der Waals surface area contributed by atoms with Crippen LogP contribution in [0.5, 0.6) is 0 Å². The zero-order valence-corrected chi connectivity index (χ0v) is 18.3. The molecule has 4 rings (SSSR count). The van der Waals surface area contributed by atoms with Crippen molar-refractivity contribution in [2.75, 3.05) is 24.5 Å². The number of amidine groups is 1. The van der Waals surface area contributed by atoms with Gasteiger partial charge in [0, 0.05) is 25.3 Å². The molecule has 7 heteroatoms. The molecule has 2 aromatic carbocycles. The molecule has 1 N–H and O–H groups in total. The zero-order chi connectivity index (χ0) is 21.8. The van der Waals surface area contributed by atoms with Crippen LogP contribution < -0.4 is 4.90 Å². The van der Waals surface area contributed by atoms with Crippen molar-refractivity contribution in [1.82, 2.24) is 4.90 Å². The number of aliphatic imine (C=N–C) groups is 1. The number of carboxylic acids is 1. The van der Waals surface area contributed by atoms with Crippen LogP contribution in [-0.4, -0.2) is 46.7 Å². The standard InChI is InChI=1S/C24H25N3O3S/c1-2-27-22(28)21(31-24(27)25-19-8-6-7-18(16-19)23(29)30)15-17-9-11-20(12-10-17)26-13-4-3-5-14-26/h6-12,15-16H,2-5,13-14H2,1H3,(H,29,30)/b21-15-,25-24?. The van der Waals surface area contributed by atoms with Gasteiger partial charge in [0.2, 0.25) is 0 Å². The summed E-state index contributed by atoms with van der Waals surface area (Å²) in [5, 5.41) is 9.75. The summed E-state index contributed by atoms with van der Waals surface area (Å²) >= 11 is 1.32. The van der Waals surface area contributed by atoms with E-state index in [9.17, 15) is 14.7 Å². The summed E-state index contributed by atoms with van der Waals surface area (Å²) in [5.41, 5.74) is 2.88. The van der Waals surface area contributed by atoms with Gasteiger partial charge >= 0.3 is 5.97 Å². The molecule has 0 radical (unpaired) electrons. The predicted octanol–water partition coefficient (Wildman–Crippen LogP) is 5.00. The second-order valence-corrected chi connectivity index (χ2v) is 8.56. The van der Waals surface area contributed by atoms with Gasteiger partial charge in [0.25, 0.3) is 5.91 Å². The zero-order valence-electron chi connectivity index (χ0n) is 17.5. The first-order valence-corrected chi connectivity index (χ1v) is 11.4. The molecule has 2 heterocycles. The van der Waals surface area contributed by atoms with E-state index in [0.29, 0.717) is 22.3 Å². The highest BCUT2D eigenvalue weighted by molar-refractivity contribution is 8.18. The lowest BCUT2D eigenvalue weighted by molar-refractivity contribution is -0.122. The minimum absolute atomic E-state index is 0.0826. The number of thioether (sulfide) groups is 1. The number of piperidine rings is 1. The molecule has 2 aliphatic heterocycles. The Morgan fingerprint density at radius 1 is 1.13 bits per heavy atom. The average Bonchev–Trinajstić information content (AvgIpc) is 3.08. The van der Waals surface area contributed by atoms with Crippen LogP contribution in [0.3, 0.4) is 0 Å². The van der Waals surface area contributed by atoms with E-state index >= 15 is 0 Å². The highest BCUT2D eigenvalue weighted by atomic mass is 32.2. The maximum absolute atomic E-state index is 12.9. The lowest BCUT2D eigenvalue weighted by Crippen LogP contribution is -2.29. The minimum Gasteiger partial charge on any atom is -0.478 e. The van der Waals surface area contributed by atoms with Gasteiger partial charge in [-0.25, -0.2) is 9.79 Å². The fraction of sp³-hybridized carbons (Fsp3) is 0.292. The quantitative estimate of drug-likeness (QED) is 0.669. The Labute approximate surface area is 186 Å². The van der Waals surface area contributed by atoms with Crippen molar-refractivity contribution in [3.63, 3.8) is 0 Å². The van der Waals surface area contributed by atoms with Gasteiger partial charge in [-0.05, 0) is 79.9 Å². The Balaban J connectivity index is 1.55. The third-order valence-electron chi connectivity index (χ3n) is 5.43. The summed E-state index contributed by atoms with van der Waals surface area (Å²) in [4.78, 5) is 33.3. The van der Waals surface area contributed by atoms with Crippen LogP contribution in [0.2, 0.25) is 0 Å². The molecule has 2 saturated heterocycles. The number of carbonyl (C=O) groups excluding carboxylic acids is 1. The molecule has 1 amide bonds. The number of rotatable bonds is 5. The van der Waals surface area contributed by atoms with E-state index < -0.39 is 5.97 Å². The molecule has 2 aromatic rings. The van der Waals surface area contributed by atoms with E-state index in [1.165, 1.54) is 48.8 Å². The average molecular weight is 436 g/mol. The van der Waals surface area contributed by atoms with Crippen LogP contribution in [0.25, 0.3) is 6.08 Å². The van der Waals surface area contributed by atoms with Gasteiger partial charge in [0.1, 0.15) is 0 Å². The number of likely N-dealkylation sites (N-methyl/N-ethyl adjacent to an activating group) is 1. The van der Waals surface area contributed by atoms with Crippen LogP contribution in [0, 0.1) is 0 Å². The third-order valence-corrected chi connectivity index (χ3v) is 6.44. The van der Waals surface area contributed by atoms with E-state index in [4.69, 9.17) is 0 Å². The molecule has 6 nitrogen and oxygen atoms in total. The number of benzene rings is 2. The summed E-state index contributed by atoms with van der Waals surface area (Å²) in [6.07, 6.45) is 5.67. The van der Waals surface area contributed by atoms with E-state index in [-0.39, 0.29) is 11.5 Å². The smallest absolute Gasteiger partial charge is 0.335 e. The summed E-state index contributed by atoms with van der Waals surface area (Å²) in [6, 6.07) is 14.8. The molecule has 31 heavy (non-hydrogen) atoms. The van der Waals surface area contributed by atoms with Gasteiger partial charge in [0.05, 0.1) is 16.2 Å². The Morgan fingerprint density at radius 3 is 2.55 bits per heavy atom. The SMILES string of the molecule is CCN1C(=O)/C(=C/c2ccc(N3CCCCC3)cc2)SC1=Nc1cccc(C(=O)O)c1. The second kappa shape index (κ2) is 9.39. The molecule has 2 fully saturated rings. The number of aromatic carboxylic acids is 1. The molecule has 0 spiro atoms. The Hall–Kier alpha value is -3.06. The van der Waals surface area contributed by atoms with Crippen LogP contribution >= 0.6 is 11.8 Å². The van der Waals surface area contributed by atoms with E-state index in [1.807, 2.05) is 25.1 Å². The van der Waals surface area contributed by atoms with E-state index in [2.05, 4.69) is 22.0 Å². The number of nitrogens with zero attached hydrogens (tertiary/aromatic N) is 3. The largest absolute Gasteiger partial charge is 0.478 e. The molecule has 0 aliphatic carbocycles. The molecule has 0 atom stereocenters. The molecule has 0 saturated carbocycles. The monoisotopic (exact) mass is 435 g/mol. The van der Waals surface area contributed by atoms with E-state index in [1.54, 1.807) is 17.0 Å². The van der Waals surface area contributed by atoms with E-state index in [0.717, 1.165) is 18.7 Å². The van der Waals surface area contributed by atoms with Crippen molar-refractivity contribution in [2.45, 2.75) is 26.2 Å². The summed E-state index contributed by atoms with van der Waals surface area (Å²) in [7, 11) is 0. The lowest BCUT2D eigenvalue weighted by atomic mass is 10.1. The number of amides is 1. The Kier molecular flexibility index (Phi) is 6.42. The number of anilines is 1. The molecule has 0 bridgehead atoms. The molecule has 2 aliphatic rings. The van der Waals surface area contributed by atoms with Crippen LogP contribution in [0.15, 0.2) is 58.4 Å². The van der Waals surface area contributed by atoms with Gasteiger partial charge in [-0.3, -0.25) is 9.69 Å². The molecular formula is C24H25N3O3S. The first kappa shape index (κ1) is 21.2. The Morgan fingerprint density at radius 2 is 1.87 bits per heavy atom. The number of carboxylic acid groups (broad SMARTS) is 1. The molecule has 160 valence electrons. The van der Waals surface area contributed by atoms with Crippen molar-refractivity contribution in [3.8, 4) is 0 Å². The summed E-state index contributed by atoms with van der Waals surface area (Å²) in [6.45, 7) is 4.60. The highest BCUT2D eigenvalue weighted by Gasteiger charge is 2.32. The fourth-order valence-electron chi connectivity index (χ4n) is 3.77. The first-order chi connectivity index (χ1) is 15.0. The maximum atomic E-state index is 12.9.